The van der Waals surface area contributed by atoms with Gasteiger partial charge in [0, 0.05) is 34.9 Å². The molecule has 11 nitrogen and oxygen atoms in total. The second-order valence-electron chi connectivity index (χ2n) is 10.2. The molecular weight excluding hydrogens is 519 g/mol. The van der Waals surface area contributed by atoms with Gasteiger partial charge in [-0.05, 0) is 70.2 Å². The Bertz CT molecular complexity index is 1730. The summed E-state index contributed by atoms with van der Waals surface area (Å²) in [5, 5.41) is 21.8. The molecule has 1 atom stereocenters. The number of rotatable bonds is 7. The predicted octanol–water partition coefficient (Wildman–Crippen LogP) is 5.48. The zero-order valence-corrected chi connectivity index (χ0v) is 22.3. The Balaban J connectivity index is 1.57. The van der Waals surface area contributed by atoms with E-state index in [1.807, 2.05) is 6.07 Å². The van der Waals surface area contributed by atoms with E-state index in [0.717, 1.165) is 5.39 Å². The lowest BCUT2D eigenvalue weighted by atomic mass is 10.1. The van der Waals surface area contributed by atoms with E-state index >= 15 is 0 Å². The first-order valence-electron chi connectivity index (χ1n) is 12.4. The van der Waals surface area contributed by atoms with Crippen molar-refractivity contribution in [2.45, 2.75) is 45.9 Å². The van der Waals surface area contributed by atoms with Crippen molar-refractivity contribution in [3.8, 4) is 11.4 Å². The molecule has 12 heteroatoms. The SMILES string of the molecule is CC(Oc1cc2cc(F)ccc2nc1NC(=O)OC(C)(C)C)c1cc2nn(CC(=O)O)cc2cc1-n1cccn1. The number of aromatic nitrogens is 5. The lowest BCUT2D eigenvalue weighted by Gasteiger charge is -2.22. The van der Waals surface area contributed by atoms with Gasteiger partial charge in [-0.1, -0.05) is 0 Å². The van der Waals surface area contributed by atoms with Crippen LogP contribution in [-0.4, -0.2) is 47.3 Å². The molecule has 0 saturated carbocycles. The average Bonchev–Trinajstić information content (AvgIpc) is 3.51. The summed E-state index contributed by atoms with van der Waals surface area (Å²) in [4.78, 5) is 28.3. The zero-order chi connectivity index (χ0) is 28.6. The Labute approximate surface area is 228 Å². The standard InChI is InChI=1S/C28H27FN6O5/c1-16(20-13-22-18(14-34(33-22)15-25(36)37)11-23(20)35-9-5-8-30-35)39-24-12-17-10-19(29)6-7-21(17)31-26(24)32-27(38)40-28(2,3)4/h5-14,16H,15H2,1-4H3,(H,36,37)(H,31,32,38). The minimum atomic E-state index is -1.01. The van der Waals surface area contributed by atoms with Gasteiger partial charge in [0.15, 0.2) is 11.6 Å². The number of anilines is 1. The molecule has 0 aliphatic rings. The smallest absolute Gasteiger partial charge is 0.413 e. The van der Waals surface area contributed by atoms with Gasteiger partial charge in [-0.3, -0.25) is 14.8 Å². The molecule has 0 aliphatic carbocycles. The third-order valence-corrected chi connectivity index (χ3v) is 5.85. The van der Waals surface area contributed by atoms with Gasteiger partial charge in [-0.25, -0.2) is 18.9 Å². The van der Waals surface area contributed by atoms with Crippen molar-refractivity contribution < 1.29 is 28.6 Å². The molecule has 5 rings (SSSR count). The lowest BCUT2D eigenvalue weighted by molar-refractivity contribution is -0.137. The molecule has 2 aromatic carbocycles. The molecule has 0 fully saturated rings. The first-order chi connectivity index (χ1) is 18.9. The number of ether oxygens (including phenoxy) is 2. The van der Waals surface area contributed by atoms with E-state index in [9.17, 15) is 19.1 Å². The average molecular weight is 547 g/mol. The minimum Gasteiger partial charge on any atom is -0.482 e. The van der Waals surface area contributed by atoms with Crippen LogP contribution in [0.5, 0.6) is 5.75 Å². The van der Waals surface area contributed by atoms with Crippen LogP contribution < -0.4 is 10.1 Å². The van der Waals surface area contributed by atoms with E-state index in [2.05, 4.69) is 20.5 Å². The van der Waals surface area contributed by atoms with Crippen molar-refractivity contribution in [3.05, 3.63) is 72.4 Å². The fraction of sp³-hybridized carbons (Fsp3) is 0.250. The number of benzene rings is 2. The van der Waals surface area contributed by atoms with Gasteiger partial charge in [-0.15, -0.1) is 0 Å². The van der Waals surface area contributed by atoms with E-state index in [4.69, 9.17) is 9.47 Å². The largest absolute Gasteiger partial charge is 0.482 e. The van der Waals surface area contributed by atoms with Crippen LogP contribution in [0.25, 0.3) is 27.5 Å². The molecule has 0 saturated heterocycles. The molecule has 40 heavy (non-hydrogen) atoms. The van der Waals surface area contributed by atoms with Gasteiger partial charge < -0.3 is 14.6 Å². The fourth-order valence-corrected chi connectivity index (χ4v) is 4.24. The summed E-state index contributed by atoms with van der Waals surface area (Å²) in [6.45, 7) is 6.75. The maximum absolute atomic E-state index is 14.0. The summed E-state index contributed by atoms with van der Waals surface area (Å²) in [6.07, 6.45) is 3.70. The number of carboxylic acid groups (broad SMARTS) is 1. The molecule has 0 aliphatic heterocycles. The van der Waals surface area contributed by atoms with Crippen molar-refractivity contribution in [2.75, 3.05) is 5.32 Å². The van der Waals surface area contributed by atoms with E-state index in [0.29, 0.717) is 27.7 Å². The third-order valence-electron chi connectivity index (χ3n) is 5.85. The van der Waals surface area contributed by atoms with Crippen LogP contribution in [0.2, 0.25) is 0 Å². The maximum atomic E-state index is 14.0. The summed E-state index contributed by atoms with van der Waals surface area (Å²) in [5.41, 5.74) is 1.64. The van der Waals surface area contributed by atoms with Crippen LogP contribution in [0.4, 0.5) is 15.0 Å². The van der Waals surface area contributed by atoms with Crippen molar-refractivity contribution in [3.63, 3.8) is 0 Å². The maximum Gasteiger partial charge on any atom is 0.413 e. The number of amides is 1. The number of carboxylic acids is 1. The number of pyridine rings is 1. The van der Waals surface area contributed by atoms with Crippen molar-refractivity contribution in [1.82, 2.24) is 24.5 Å². The highest BCUT2D eigenvalue weighted by molar-refractivity contribution is 5.90. The monoisotopic (exact) mass is 546 g/mol. The van der Waals surface area contributed by atoms with Crippen LogP contribution in [0.3, 0.4) is 0 Å². The molecule has 1 unspecified atom stereocenters. The van der Waals surface area contributed by atoms with Crippen LogP contribution in [0.15, 0.2) is 61.1 Å². The first kappa shape index (κ1) is 26.6. The third kappa shape index (κ3) is 5.85. The molecule has 206 valence electrons. The first-order valence-corrected chi connectivity index (χ1v) is 12.4. The molecule has 0 bridgehead atoms. The molecule has 1 amide bonds. The van der Waals surface area contributed by atoms with Gasteiger partial charge in [0.25, 0.3) is 0 Å². The fourth-order valence-electron chi connectivity index (χ4n) is 4.24. The minimum absolute atomic E-state index is 0.104. The Morgan fingerprint density at radius 2 is 1.93 bits per heavy atom. The Kier molecular flexibility index (Phi) is 6.84. The number of nitrogens with zero attached hydrogens (tertiary/aromatic N) is 5. The van der Waals surface area contributed by atoms with Crippen molar-refractivity contribution in [2.24, 2.45) is 0 Å². The summed E-state index contributed by atoms with van der Waals surface area (Å²) in [7, 11) is 0. The highest BCUT2D eigenvalue weighted by Gasteiger charge is 2.22. The van der Waals surface area contributed by atoms with Gasteiger partial charge in [-0.2, -0.15) is 10.2 Å². The summed E-state index contributed by atoms with van der Waals surface area (Å²) < 4.78 is 28.8. The molecular formula is C28H27FN6O5. The van der Waals surface area contributed by atoms with Gasteiger partial charge in [0.05, 0.1) is 16.7 Å². The molecule has 3 aromatic heterocycles. The van der Waals surface area contributed by atoms with Crippen molar-refractivity contribution in [1.29, 1.82) is 0 Å². The number of carbonyl (C=O) groups excluding carboxylic acids is 1. The second-order valence-corrected chi connectivity index (χ2v) is 10.2. The number of aliphatic carboxylic acids is 1. The van der Waals surface area contributed by atoms with Crippen molar-refractivity contribution >= 4 is 39.7 Å². The van der Waals surface area contributed by atoms with E-state index in [-0.39, 0.29) is 18.1 Å². The number of hydrogen-bond acceptors (Lipinski definition) is 7. The van der Waals surface area contributed by atoms with E-state index < -0.39 is 29.6 Å². The number of carbonyl (C=O) groups is 2. The summed E-state index contributed by atoms with van der Waals surface area (Å²) in [6, 6.07) is 11.1. The Morgan fingerprint density at radius 3 is 2.62 bits per heavy atom. The van der Waals surface area contributed by atoms with E-state index in [1.165, 1.54) is 22.9 Å². The highest BCUT2D eigenvalue weighted by Crippen LogP contribution is 2.35. The van der Waals surface area contributed by atoms with Gasteiger partial charge in [0.2, 0.25) is 0 Å². The zero-order valence-electron chi connectivity index (χ0n) is 22.3. The Morgan fingerprint density at radius 1 is 1.12 bits per heavy atom. The quantitative estimate of drug-likeness (QED) is 0.274. The summed E-state index contributed by atoms with van der Waals surface area (Å²) in [5.74, 6) is -1.15. The topological polar surface area (TPSA) is 133 Å². The van der Waals surface area contributed by atoms with Gasteiger partial charge >= 0.3 is 12.1 Å². The van der Waals surface area contributed by atoms with Crippen LogP contribution in [-0.2, 0) is 16.1 Å². The number of nitrogens with one attached hydrogen (secondary N) is 1. The number of hydrogen-bond donors (Lipinski definition) is 2. The molecule has 0 radical (unpaired) electrons. The lowest BCUT2D eigenvalue weighted by Crippen LogP contribution is -2.27. The van der Waals surface area contributed by atoms with Gasteiger partial charge in [0.1, 0.15) is 24.1 Å². The van der Waals surface area contributed by atoms with Crippen LogP contribution in [0, 0.1) is 5.82 Å². The Hall–Kier alpha value is -5.00. The predicted molar refractivity (Wildman–Crippen MR) is 145 cm³/mol. The summed E-state index contributed by atoms with van der Waals surface area (Å²) >= 11 is 0. The highest BCUT2D eigenvalue weighted by atomic mass is 19.1. The number of halogens is 1. The number of fused-ring (bicyclic) bond motifs is 2. The molecule has 2 N–H and O–H groups in total. The molecule has 3 heterocycles. The molecule has 5 aromatic rings. The van der Waals surface area contributed by atoms with E-state index in [1.54, 1.807) is 69.2 Å². The molecule has 0 spiro atoms. The second kappa shape index (κ2) is 10.3. The van der Waals surface area contributed by atoms with Crippen LogP contribution in [0.1, 0.15) is 39.4 Å². The van der Waals surface area contributed by atoms with Crippen LogP contribution >= 0.6 is 0 Å². The normalized spacial score (nSPS) is 12.4.